The normalized spacial score (nSPS) is 25.1. The number of hydrogen-bond acceptors (Lipinski definition) is 8. The lowest BCUT2D eigenvalue weighted by atomic mass is 9.97. The van der Waals surface area contributed by atoms with E-state index < -0.39 is 53.8 Å². The summed E-state index contributed by atoms with van der Waals surface area (Å²) >= 11 is 1.08. The van der Waals surface area contributed by atoms with Crippen molar-refractivity contribution in [1.82, 2.24) is 15.0 Å². The van der Waals surface area contributed by atoms with Crippen LogP contribution in [0, 0.1) is 28.8 Å². The summed E-state index contributed by atoms with van der Waals surface area (Å²) in [6.45, 7) is -0.560. The molecule has 0 bridgehead atoms. The first kappa shape index (κ1) is 23.2. The van der Waals surface area contributed by atoms with Gasteiger partial charge in [0.15, 0.2) is 17.5 Å². The summed E-state index contributed by atoms with van der Waals surface area (Å²) in [6.07, 6.45) is -2.59. The number of aromatic nitrogens is 3. The van der Waals surface area contributed by atoms with Gasteiger partial charge in [-0.3, -0.25) is 0 Å². The molecule has 2 aromatic carbocycles. The fourth-order valence-corrected chi connectivity index (χ4v) is 4.63. The number of rotatable bonds is 5. The highest BCUT2D eigenvalue weighted by molar-refractivity contribution is 7.99. The maximum absolute atomic E-state index is 13.6. The molecule has 2 heterocycles. The van der Waals surface area contributed by atoms with Crippen molar-refractivity contribution in [2.24, 2.45) is 0 Å². The fraction of sp³-hybridized carbons (Fsp3) is 0.286. The summed E-state index contributed by atoms with van der Waals surface area (Å²) < 4.78 is 47.2. The minimum Gasteiger partial charge on any atom is -0.394 e. The van der Waals surface area contributed by atoms with Crippen molar-refractivity contribution in [3.63, 3.8) is 0 Å². The van der Waals surface area contributed by atoms with Gasteiger partial charge >= 0.3 is 0 Å². The third kappa shape index (κ3) is 4.59. The summed E-state index contributed by atoms with van der Waals surface area (Å²) in [5.41, 5.74) is -0.671. The molecule has 0 radical (unpaired) electrons. The second-order valence-electron chi connectivity index (χ2n) is 7.29. The summed E-state index contributed by atoms with van der Waals surface area (Å²) in [5.74, 6) is -4.42. The van der Waals surface area contributed by atoms with E-state index in [0.29, 0.717) is 10.5 Å². The van der Waals surface area contributed by atoms with Crippen LogP contribution in [-0.4, -0.2) is 60.7 Å². The minimum atomic E-state index is -1.62. The van der Waals surface area contributed by atoms with Gasteiger partial charge < -0.3 is 20.1 Å². The second-order valence-corrected chi connectivity index (χ2v) is 8.46. The maximum atomic E-state index is 13.6. The Morgan fingerprint density at radius 2 is 1.85 bits per heavy atom. The zero-order valence-corrected chi connectivity index (χ0v) is 17.5. The van der Waals surface area contributed by atoms with Crippen LogP contribution in [0.15, 0.2) is 47.5 Å². The molecule has 5 atom stereocenters. The van der Waals surface area contributed by atoms with Crippen LogP contribution in [0.4, 0.5) is 13.2 Å². The van der Waals surface area contributed by atoms with E-state index >= 15 is 0 Å². The highest BCUT2D eigenvalue weighted by Gasteiger charge is 2.46. The molecule has 3 N–H and O–H groups in total. The van der Waals surface area contributed by atoms with Crippen molar-refractivity contribution in [2.45, 2.75) is 34.7 Å². The van der Waals surface area contributed by atoms with Gasteiger partial charge in [-0.25, -0.2) is 17.9 Å². The molecular formula is C21H17F3N4O4S. The lowest BCUT2D eigenvalue weighted by Crippen LogP contribution is -2.55. The summed E-state index contributed by atoms with van der Waals surface area (Å²) in [7, 11) is 0. The molecule has 4 rings (SSSR count). The first-order valence-electron chi connectivity index (χ1n) is 9.68. The topological polar surface area (TPSA) is 124 Å². The number of nitrogens with zero attached hydrogens (tertiary/aromatic N) is 4. The molecule has 1 fully saturated rings. The molecule has 0 spiro atoms. The van der Waals surface area contributed by atoms with Gasteiger partial charge in [0.2, 0.25) is 0 Å². The Kier molecular flexibility index (Phi) is 6.68. The van der Waals surface area contributed by atoms with E-state index in [1.165, 1.54) is 6.20 Å². The predicted octanol–water partition coefficient (Wildman–Crippen LogP) is 2.01. The zero-order chi connectivity index (χ0) is 23.7. The first-order chi connectivity index (χ1) is 15.8. The van der Waals surface area contributed by atoms with Gasteiger partial charge in [-0.1, -0.05) is 23.0 Å². The van der Waals surface area contributed by atoms with Crippen molar-refractivity contribution in [1.29, 1.82) is 5.26 Å². The average molecular weight is 478 g/mol. The molecule has 172 valence electrons. The predicted molar refractivity (Wildman–Crippen MR) is 109 cm³/mol. The number of hydrogen-bond donors (Lipinski definition) is 3. The van der Waals surface area contributed by atoms with Crippen molar-refractivity contribution in [3.05, 3.63) is 65.6 Å². The van der Waals surface area contributed by atoms with Gasteiger partial charge in [0.1, 0.15) is 35.5 Å². The van der Waals surface area contributed by atoms with E-state index in [2.05, 4.69) is 10.3 Å². The van der Waals surface area contributed by atoms with Gasteiger partial charge in [0, 0.05) is 10.5 Å². The highest BCUT2D eigenvalue weighted by Crippen LogP contribution is 2.38. The van der Waals surface area contributed by atoms with Crippen LogP contribution >= 0.6 is 11.8 Å². The molecule has 3 aromatic rings. The van der Waals surface area contributed by atoms with Crippen LogP contribution in [0.2, 0.25) is 0 Å². The lowest BCUT2D eigenvalue weighted by Gasteiger charge is -2.41. The summed E-state index contributed by atoms with van der Waals surface area (Å²) in [4.78, 5) is 0.612. The molecule has 0 saturated carbocycles. The first-order valence-corrected chi connectivity index (χ1v) is 10.6. The molecule has 12 heteroatoms. The van der Waals surface area contributed by atoms with E-state index in [4.69, 9.17) is 10.00 Å². The second kappa shape index (κ2) is 9.50. The van der Waals surface area contributed by atoms with Crippen molar-refractivity contribution < 1.29 is 33.2 Å². The van der Waals surface area contributed by atoms with Crippen molar-refractivity contribution in [3.8, 4) is 17.3 Å². The maximum Gasteiger partial charge on any atom is 0.194 e. The van der Waals surface area contributed by atoms with Crippen LogP contribution in [-0.2, 0) is 4.74 Å². The van der Waals surface area contributed by atoms with Crippen molar-refractivity contribution in [2.75, 3.05) is 6.61 Å². The van der Waals surface area contributed by atoms with Crippen LogP contribution < -0.4 is 0 Å². The Hall–Kier alpha value is -2.95. The molecular weight excluding hydrogens is 461 g/mol. The zero-order valence-electron chi connectivity index (χ0n) is 16.7. The average Bonchev–Trinajstić information content (AvgIpc) is 3.29. The smallest absolute Gasteiger partial charge is 0.194 e. The molecule has 1 aliphatic heterocycles. The molecule has 33 heavy (non-hydrogen) atoms. The Bertz CT molecular complexity index is 1180. The molecule has 1 aromatic heterocycles. The standard InChI is InChI=1S/C21H17F3N4O4S/c22-13-5-11(6-14(23)17(13)24)15-8-28(27-26-15)18-19(30)16(9-29)32-21(20(18)31)33-12-3-1-2-10(4-12)7-25/h1-6,8,16,18-21,29-31H,9H2/t16-,18+,19+,20-,21-/m1/s1. The Morgan fingerprint density at radius 3 is 2.52 bits per heavy atom. The van der Waals surface area contributed by atoms with E-state index in [0.717, 1.165) is 28.6 Å². The summed E-state index contributed by atoms with van der Waals surface area (Å²) in [5, 5.41) is 48.0. The Balaban J connectivity index is 1.64. The molecule has 0 aliphatic carbocycles. The van der Waals surface area contributed by atoms with Crippen LogP contribution in [0.1, 0.15) is 11.6 Å². The Morgan fingerprint density at radius 1 is 1.12 bits per heavy atom. The van der Waals surface area contributed by atoms with Gasteiger partial charge in [0.05, 0.1) is 24.4 Å². The quantitative estimate of drug-likeness (QED) is 0.476. The molecule has 0 amide bonds. The van der Waals surface area contributed by atoms with Crippen LogP contribution in [0.3, 0.4) is 0 Å². The van der Waals surface area contributed by atoms with Crippen LogP contribution in [0.25, 0.3) is 11.3 Å². The number of aliphatic hydroxyl groups excluding tert-OH is 3. The fourth-order valence-electron chi connectivity index (χ4n) is 3.51. The highest BCUT2D eigenvalue weighted by atomic mass is 32.2. The number of benzene rings is 2. The molecule has 0 unspecified atom stereocenters. The number of halogens is 3. The minimum absolute atomic E-state index is 0.0230. The monoisotopic (exact) mass is 478 g/mol. The van der Waals surface area contributed by atoms with E-state index in [1.807, 2.05) is 6.07 Å². The SMILES string of the molecule is N#Cc1cccc(S[C@H]2O[C@H](CO)[C@H](O)[C@H](n3cc(-c4cc(F)c(F)c(F)c4)nn3)[C@H]2O)c1. The number of thioether (sulfide) groups is 1. The van der Waals surface area contributed by atoms with E-state index in [9.17, 15) is 28.5 Å². The Labute approximate surface area is 189 Å². The molecule has 8 nitrogen and oxygen atoms in total. The van der Waals surface area contributed by atoms with Gasteiger partial charge in [-0.15, -0.1) is 5.10 Å². The number of ether oxygens (including phenoxy) is 1. The van der Waals surface area contributed by atoms with Crippen LogP contribution in [0.5, 0.6) is 0 Å². The molecule has 1 saturated heterocycles. The summed E-state index contributed by atoms with van der Waals surface area (Å²) in [6, 6.07) is 8.96. The third-order valence-corrected chi connectivity index (χ3v) is 6.31. The molecule has 1 aliphatic rings. The van der Waals surface area contributed by atoms with Gasteiger partial charge in [-0.2, -0.15) is 5.26 Å². The largest absolute Gasteiger partial charge is 0.394 e. The third-order valence-electron chi connectivity index (χ3n) is 5.16. The van der Waals surface area contributed by atoms with Crippen molar-refractivity contribution >= 4 is 11.8 Å². The lowest BCUT2D eigenvalue weighted by molar-refractivity contribution is -0.178. The van der Waals surface area contributed by atoms with Gasteiger partial charge in [-0.05, 0) is 30.3 Å². The number of aliphatic hydroxyl groups is 3. The van der Waals surface area contributed by atoms with E-state index in [1.54, 1.807) is 24.3 Å². The van der Waals surface area contributed by atoms with Gasteiger partial charge in [0.25, 0.3) is 0 Å². The van der Waals surface area contributed by atoms with E-state index in [-0.39, 0.29) is 11.3 Å². The number of nitriles is 1.